The van der Waals surface area contributed by atoms with Crippen molar-refractivity contribution >= 4 is 17.6 Å². The second-order valence-electron chi connectivity index (χ2n) is 7.59. The minimum Gasteiger partial charge on any atom is -0.383 e. The molecule has 1 aliphatic rings. The number of benzene rings is 1. The summed E-state index contributed by atoms with van der Waals surface area (Å²) in [6.07, 6.45) is 2.14. The third-order valence-corrected chi connectivity index (χ3v) is 5.36. The number of carbonyl (C=O) groups excluding carboxylic acids is 2. The largest absolute Gasteiger partial charge is 0.383 e. The van der Waals surface area contributed by atoms with Gasteiger partial charge in [0.25, 0.3) is 11.8 Å². The Labute approximate surface area is 180 Å². The Hall–Kier alpha value is -3.81. The monoisotopic (exact) mass is 416 g/mol. The van der Waals surface area contributed by atoms with Gasteiger partial charge < -0.3 is 16.0 Å². The lowest BCUT2D eigenvalue weighted by Gasteiger charge is -2.29. The molecule has 3 aromatic rings. The topological polar surface area (TPSA) is 114 Å². The smallest absolute Gasteiger partial charge is 0.257 e. The molecule has 3 N–H and O–H groups in total. The van der Waals surface area contributed by atoms with Gasteiger partial charge >= 0.3 is 0 Å². The fourth-order valence-electron chi connectivity index (χ4n) is 3.68. The van der Waals surface area contributed by atoms with Crippen LogP contribution in [0, 0.1) is 13.8 Å². The number of nitrogen functional groups attached to an aromatic ring is 1. The van der Waals surface area contributed by atoms with Crippen LogP contribution in [0.5, 0.6) is 0 Å². The average molecular weight is 416 g/mol. The Morgan fingerprint density at radius 1 is 1.13 bits per heavy atom. The van der Waals surface area contributed by atoms with E-state index in [-0.39, 0.29) is 17.6 Å². The van der Waals surface area contributed by atoms with Crippen molar-refractivity contribution in [1.82, 2.24) is 25.2 Å². The molecule has 158 valence electrons. The molecule has 2 aromatic heterocycles. The highest BCUT2D eigenvalue weighted by atomic mass is 16.2. The van der Waals surface area contributed by atoms with Gasteiger partial charge in [0.05, 0.1) is 16.8 Å². The Morgan fingerprint density at radius 2 is 1.90 bits per heavy atom. The molecule has 0 atom stereocenters. The first kappa shape index (κ1) is 20.5. The first-order valence-electron chi connectivity index (χ1n) is 10.1. The van der Waals surface area contributed by atoms with E-state index in [2.05, 4.69) is 20.3 Å². The molecule has 0 radical (unpaired) electrons. The van der Waals surface area contributed by atoms with E-state index in [1.54, 1.807) is 31.0 Å². The lowest BCUT2D eigenvalue weighted by atomic mass is 10.0. The highest BCUT2D eigenvalue weighted by molar-refractivity contribution is 5.99. The molecule has 0 bridgehead atoms. The molecule has 0 aliphatic carbocycles. The molecule has 1 aromatic carbocycles. The molecule has 3 heterocycles. The third-order valence-electron chi connectivity index (χ3n) is 5.36. The molecule has 2 amide bonds. The molecule has 0 fully saturated rings. The third kappa shape index (κ3) is 4.37. The van der Waals surface area contributed by atoms with Crippen LogP contribution < -0.4 is 11.1 Å². The Balaban J connectivity index is 1.52. The summed E-state index contributed by atoms with van der Waals surface area (Å²) in [6, 6.07) is 11.4. The van der Waals surface area contributed by atoms with Crippen LogP contribution in [0.25, 0.3) is 0 Å². The zero-order chi connectivity index (χ0) is 22.0. The highest BCUT2D eigenvalue weighted by Crippen LogP contribution is 2.23. The minimum atomic E-state index is -0.289. The number of aryl methyl sites for hydroxylation is 2. The maximum Gasteiger partial charge on any atom is 0.257 e. The Morgan fingerprint density at radius 3 is 2.65 bits per heavy atom. The van der Waals surface area contributed by atoms with Crippen molar-refractivity contribution in [2.24, 2.45) is 0 Å². The van der Waals surface area contributed by atoms with Crippen molar-refractivity contribution < 1.29 is 9.59 Å². The van der Waals surface area contributed by atoms with Crippen molar-refractivity contribution in [1.29, 1.82) is 0 Å². The van der Waals surface area contributed by atoms with Gasteiger partial charge in [-0.25, -0.2) is 15.0 Å². The van der Waals surface area contributed by atoms with Gasteiger partial charge in [0.15, 0.2) is 0 Å². The van der Waals surface area contributed by atoms with E-state index in [0.717, 1.165) is 16.8 Å². The molecule has 1 aliphatic heterocycles. The number of anilines is 1. The molecule has 8 heteroatoms. The highest BCUT2D eigenvalue weighted by Gasteiger charge is 2.26. The summed E-state index contributed by atoms with van der Waals surface area (Å²) >= 11 is 0. The maximum absolute atomic E-state index is 13.0. The molecule has 0 saturated heterocycles. The van der Waals surface area contributed by atoms with E-state index in [4.69, 9.17) is 5.73 Å². The molecule has 0 saturated carbocycles. The number of nitrogens with two attached hydrogens (primary N) is 1. The normalized spacial score (nSPS) is 12.9. The predicted molar refractivity (Wildman–Crippen MR) is 116 cm³/mol. The summed E-state index contributed by atoms with van der Waals surface area (Å²) in [5.74, 6) is 0.411. The van der Waals surface area contributed by atoms with E-state index < -0.39 is 0 Å². The van der Waals surface area contributed by atoms with Crippen molar-refractivity contribution in [3.05, 3.63) is 82.1 Å². The Bertz CT molecular complexity index is 1150. The quantitative estimate of drug-likeness (QED) is 0.674. The van der Waals surface area contributed by atoms with Gasteiger partial charge in [-0.3, -0.25) is 9.59 Å². The van der Waals surface area contributed by atoms with E-state index in [1.807, 2.05) is 30.3 Å². The fourth-order valence-corrected chi connectivity index (χ4v) is 3.68. The number of rotatable bonds is 4. The van der Waals surface area contributed by atoms with Gasteiger partial charge in [-0.05, 0) is 31.0 Å². The number of amides is 2. The summed E-state index contributed by atoms with van der Waals surface area (Å²) in [6.45, 7) is 4.86. The van der Waals surface area contributed by atoms with E-state index in [0.29, 0.717) is 48.7 Å². The van der Waals surface area contributed by atoms with Crippen LogP contribution in [0.15, 0.2) is 42.6 Å². The maximum atomic E-state index is 13.0. The number of carbonyl (C=O) groups is 2. The second kappa shape index (κ2) is 8.51. The van der Waals surface area contributed by atoms with Crippen molar-refractivity contribution in [2.45, 2.75) is 33.4 Å². The number of nitrogens with zero attached hydrogens (tertiary/aromatic N) is 4. The van der Waals surface area contributed by atoms with Crippen molar-refractivity contribution in [3.63, 3.8) is 0 Å². The molecule has 4 rings (SSSR count). The van der Waals surface area contributed by atoms with Gasteiger partial charge in [0.2, 0.25) is 0 Å². The summed E-state index contributed by atoms with van der Waals surface area (Å²) in [5, 5.41) is 2.88. The van der Waals surface area contributed by atoms with Crippen LogP contribution in [0.3, 0.4) is 0 Å². The van der Waals surface area contributed by atoms with Gasteiger partial charge in [-0.1, -0.05) is 30.3 Å². The number of fused-ring (bicyclic) bond motifs is 1. The lowest BCUT2D eigenvalue weighted by Crippen LogP contribution is -2.37. The predicted octanol–water partition coefficient (Wildman–Crippen LogP) is 2.20. The van der Waals surface area contributed by atoms with E-state index in [1.165, 1.54) is 0 Å². The number of hydrogen-bond donors (Lipinski definition) is 2. The summed E-state index contributed by atoms with van der Waals surface area (Å²) in [5.41, 5.74) is 10.2. The van der Waals surface area contributed by atoms with Crippen molar-refractivity contribution in [3.8, 4) is 0 Å². The SMILES string of the molecule is Cc1ncc(C(=O)N2CCc3nc(N)c(C(=O)NCc4ccccc4)cc3C2)c(C)n1. The van der Waals surface area contributed by atoms with Crippen LogP contribution >= 0.6 is 0 Å². The summed E-state index contributed by atoms with van der Waals surface area (Å²) in [4.78, 5) is 40.3. The standard InChI is InChI=1S/C23H24N6O2/c1-14-19(12-25-15(2)27-14)23(31)29-9-8-20-17(13-29)10-18(21(24)28-20)22(30)26-11-16-6-4-3-5-7-16/h3-7,10,12H,8-9,11,13H2,1-2H3,(H2,24,28)(H,26,30). The summed E-state index contributed by atoms with van der Waals surface area (Å²) < 4.78 is 0. The molecule has 0 unspecified atom stereocenters. The lowest BCUT2D eigenvalue weighted by molar-refractivity contribution is 0.0732. The van der Waals surface area contributed by atoms with Gasteiger partial charge in [0, 0.05) is 37.9 Å². The number of nitrogens with one attached hydrogen (secondary N) is 1. The van der Waals surface area contributed by atoms with Crippen LogP contribution in [0.4, 0.5) is 5.82 Å². The van der Waals surface area contributed by atoms with Gasteiger partial charge in [-0.2, -0.15) is 0 Å². The number of aromatic nitrogens is 3. The minimum absolute atomic E-state index is 0.130. The first-order chi connectivity index (χ1) is 14.9. The van der Waals surface area contributed by atoms with Crippen LogP contribution in [-0.4, -0.2) is 38.2 Å². The van der Waals surface area contributed by atoms with Gasteiger partial charge in [0.1, 0.15) is 11.6 Å². The molecule has 8 nitrogen and oxygen atoms in total. The van der Waals surface area contributed by atoms with Crippen molar-refractivity contribution in [2.75, 3.05) is 12.3 Å². The summed E-state index contributed by atoms with van der Waals surface area (Å²) in [7, 11) is 0. The van der Waals surface area contributed by atoms with Gasteiger partial charge in [-0.15, -0.1) is 0 Å². The molecule has 31 heavy (non-hydrogen) atoms. The Kier molecular flexibility index (Phi) is 5.62. The number of pyridine rings is 1. The zero-order valence-electron chi connectivity index (χ0n) is 17.6. The number of hydrogen-bond acceptors (Lipinski definition) is 6. The van der Waals surface area contributed by atoms with Crippen LogP contribution in [-0.2, 0) is 19.5 Å². The molecular formula is C23H24N6O2. The van der Waals surface area contributed by atoms with E-state index in [9.17, 15) is 9.59 Å². The van der Waals surface area contributed by atoms with Crippen LogP contribution in [0.1, 0.15) is 49.1 Å². The second-order valence-corrected chi connectivity index (χ2v) is 7.59. The molecule has 0 spiro atoms. The van der Waals surface area contributed by atoms with E-state index >= 15 is 0 Å². The molecular weight excluding hydrogens is 392 g/mol. The first-order valence-corrected chi connectivity index (χ1v) is 10.1. The van der Waals surface area contributed by atoms with Crippen LogP contribution in [0.2, 0.25) is 0 Å². The fraction of sp³-hybridized carbons (Fsp3) is 0.261. The average Bonchev–Trinajstić information content (AvgIpc) is 2.77. The zero-order valence-corrected chi connectivity index (χ0v) is 17.6.